The van der Waals surface area contributed by atoms with E-state index in [1.54, 1.807) is 12.3 Å². The van der Waals surface area contributed by atoms with E-state index in [9.17, 15) is 0 Å². The average Bonchev–Trinajstić information content (AvgIpc) is 3.06. The maximum Gasteiger partial charge on any atom is 0.276 e. The topological polar surface area (TPSA) is 70.9 Å². The summed E-state index contributed by atoms with van der Waals surface area (Å²) in [6.07, 6.45) is 5.36. The van der Waals surface area contributed by atoms with Crippen LogP contribution in [0, 0.1) is 11.3 Å². The van der Waals surface area contributed by atoms with Crippen LogP contribution in [0.1, 0.15) is 24.8 Å². The molecule has 0 spiro atoms. The molecule has 3 rings (SSSR count). The molecule has 19 heavy (non-hydrogen) atoms. The molecule has 1 aliphatic heterocycles. The lowest BCUT2D eigenvalue weighted by Gasteiger charge is -2.24. The van der Waals surface area contributed by atoms with Gasteiger partial charge in [0.05, 0.1) is 5.56 Å². The van der Waals surface area contributed by atoms with E-state index in [-0.39, 0.29) is 0 Å². The van der Waals surface area contributed by atoms with Crippen LogP contribution < -0.4 is 4.90 Å². The second-order valence-corrected chi connectivity index (χ2v) is 4.78. The largest absolute Gasteiger partial charge is 0.345 e. The Hall–Kier alpha value is -2.29. The van der Waals surface area contributed by atoms with Crippen molar-refractivity contribution in [1.82, 2.24) is 14.7 Å². The van der Waals surface area contributed by atoms with Crippen LogP contribution in [0.4, 0.5) is 5.95 Å². The molecule has 1 fully saturated rings. The molecule has 0 unspecified atom stereocenters. The van der Waals surface area contributed by atoms with Gasteiger partial charge >= 0.3 is 0 Å². The van der Waals surface area contributed by atoms with Crippen molar-refractivity contribution < 1.29 is 4.52 Å². The number of aromatic nitrogens is 3. The Balaban J connectivity index is 1.88. The SMILES string of the molecule is Cn1cc(C#N)cc1-c1nc(N2CCCCC2)no1. The number of anilines is 1. The van der Waals surface area contributed by atoms with E-state index in [2.05, 4.69) is 21.1 Å². The normalized spacial score (nSPS) is 15.5. The first-order valence-corrected chi connectivity index (χ1v) is 6.43. The number of piperidine rings is 1. The van der Waals surface area contributed by atoms with Gasteiger partial charge in [0.25, 0.3) is 11.8 Å². The smallest absolute Gasteiger partial charge is 0.276 e. The third-order valence-electron chi connectivity index (χ3n) is 3.41. The van der Waals surface area contributed by atoms with Crippen molar-refractivity contribution in [3.8, 4) is 17.7 Å². The Morgan fingerprint density at radius 2 is 2.11 bits per heavy atom. The Morgan fingerprint density at radius 3 is 2.79 bits per heavy atom. The molecule has 0 bridgehead atoms. The molecule has 1 aliphatic rings. The molecule has 1 saturated heterocycles. The molecular formula is C13H15N5O. The summed E-state index contributed by atoms with van der Waals surface area (Å²) in [5.41, 5.74) is 1.36. The van der Waals surface area contributed by atoms with Crippen LogP contribution in [0.5, 0.6) is 0 Å². The zero-order valence-electron chi connectivity index (χ0n) is 10.8. The van der Waals surface area contributed by atoms with Crippen molar-refractivity contribution >= 4 is 5.95 Å². The molecule has 98 valence electrons. The molecule has 3 heterocycles. The lowest BCUT2D eigenvalue weighted by atomic mass is 10.1. The van der Waals surface area contributed by atoms with Gasteiger partial charge in [0.1, 0.15) is 11.8 Å². The van der Waals surface area contributed by atoms with Gasteiger partial charge in [-0.25, -0.2) is 0 Å². The van der Waals surface area contributed by atoms with Crippen molar-refractivity contribution in [1.29, 1.82) is 5.26 Å². The van der Waals surface area contributed by atoms with Crippen molar-refractivity contribution in [3.63, 3.8) is 0 Å². The minimum Gasteiger partial charge on any atom is -0.345 e. The van der Waals surface area contributed by atoms with Crippen LogP contribution in [-0.4, -0.2) is 27.8 Å². The number of hydrogen-bond acceptors (Lipinski definition) is 5. The van der Waals surface area contributed by atoms with Crippen LogP contribution in [0.15, 0.2) is 16.8 Å². The van der Waals surface area contributed by atoms with Gasteiger partial charge < -0.3 is 14.0 Å². The van der Waals surface area contributed by atoms with Gasteiger partial charge in [-0.1, -0.05) is 0 Å². The molecule has 0 atom stereocenters. The first kappa shape index (κ1) is 11.8. The minimum absolute atomic E-state index is 0.463. The highest BCUT2D eigenvalue weighted by atomic mass is 16.5. The molecule has 0 saturated carbocycles. The Labute approximate surface area is 111 Å². The lowest BCUT2D eigenvalue weighted by molar-refractivity contribution is 0.424. The summed E-state index contributed by atoms with van der Waals surface area (Å²) in [5.74, 6) is 1.11. The first-order valence-electron chi connectivity index (χ1n) is 6.43. The highest BCUT2D eigenvalue weighted by Gasteiger charge is 2.19. The van der Waals surface area contributed by atoms with Gasteiger partial charge in [-0.15, -0.1) is 0 Å². The predicted octanol–water partition coefficient (Wildman–Crippen LogP) is 1.94. The molecular weight excluding hydrogens is 242 g/mol. The Bertz CT molecular complexity index is 615. The van der Waals surface area contributed by atoms with Gasteiger partial charge in [-0.3, -0.25) is 0 Å². The molecule has 0 amide bonds. The molecule has 6 nitrogen and oxygen atoms in total. The van der Waals surface area contributed by atoms with Crippen molar-refractivity contribution in [3.05, 3.63) is 17.8 Å². The van der Waals surface area contributed by atoms with E-state index < -0.39 is 0 Å². The van der Waals surface area contributed by atoms with E-state index in [0.717, 1.165) is 18.8 Å². The quantitative estimate of drug-likeness (QED) is 0.822. The third kappa shape index (κ3) is 2.19. The van der Waals surface area contributed by atoms with Crippen LogP contribution in [-0.2, 0) is 7.05 Å². The monoisotopic (exact) mass is 257 g/mol. The Morgan fingerprint density at radius 1 is 1.32 bits per heavy atom. The highest BCUT2D eigenvalue weighted by Crippen LogP contribution is 2.23. The van der Waals surface area contributed by atoms with Gasteiger partial charge in [0, 0.05) is 26.3 Å². The van der Waals surface area contributed by atoms with E-state index in [1.807, 2.05) is 11.6 Å². The standard InChI is InChI=1S/C13H15N5O/c1-17-9-10(8-14)7-11(17)12-15-13(16-19-12)18-5-3-2-4-6-18/h7,9H,2-6H2,1H3. The van der Waals surface area contributed by atoms with Gasteiger partial charge in [0.15, 0.2) is 0 Å². The Kier molecular flexibility index (Phi) is 2.95. The zero-order chi connectivity index (χ0) is 13.2. The first-order chi connectivity index (χ1) is 9.28. The molecule has 6 heteroatoms. The summed E-state index contributed by atoms with van der Waals surface area (Å²) in [5, 5.41) is 12.9. The van der Waals surface area contributed by atoms with Crippen LogP contribution in [0.25, 0.3) is 11.6 Å². The summed E-state index contributed by atoms with van der Waals surface area (Å²) in [7, 11) is 1.86. The molecule has 2 aromatic rings. The van der Waals surface area contributed by atoms with E-state index in [0.29, 0.717) is 17.4 Å². The maximum atomic E-state index is 8.89. The molecule has 2 aromatic heterocycles. The number of rotatable bonds is 2. The fourth-order valence-corrected chi connectivity index (χ4v) is 2.38. The second-order valence-electron chi connectivity index (χ2n) is 4.78. The number of aryl methyl sites for hydroxylation is 1. The fourth-order valence-electron chi connectivity index (χ4n) is 2.38. The van der Waals surface area contributed by atoms with Crippen LogP contribution in [0.3, 0.4) is 0 Å². The highest BCUT2D eigenvalue weighted by molar-refractivity contribution is 5.54. The molecule has 0 aliphatic carbocycles. The third-order valence-corrected chi connectivity index (χ3v) is 3.41. The molecule has 0 N–H and O–H groups in total. The van der Waals surface area contributed by atoms with Gasteiger partial charge in [-0.05, 0) is 30.5 Å². The lowest BCUT2D eigenvalue weighted by Crippen LogP contribution is -2.30. The number of hydrogen-bond donors (Lipinski definition) is 0. The van der Waals surface area contributed by atoms with Crippen LogP contribution >= 0.6 is 0 Å². The summed E-state index contributed by atoms with van der Waals surface area (Å²) in [4.78, 5) is 6.57. The van der Waals surface area contributed by atoms with Crippen molar-refractivity contribution in [2.75, 3.05) is 18.0 Å². The minimum atomic E-state index is 0.463. The molecule has 0 aromatic carbocycles. The van der Waals surface area contributed by atoms with E-state index in [1.165, 1.54) is 19.3 Å². The second kappa shape index (κ2) is 4.76. The summed E-state index contributed by atoms with van der Waals surface area (Å²) in [6, 6.07) is 3.86. The van der Waals surface area contributed by atoms with E-state index >= 15 is 0 Å². The van der Waals surface area contributed by atoms with E-state index in [4.69, 9.17) is 9.78 Å². The van der Waals surface area contributed by atoms with Crippen LogP contribution in [0.2, 0.25) is 0 Å². The number of nitriles is 1. The summed E-state index contributed by atoms with van der Waals surface area (Å²) < 4.78 is 7.14. The van der Waals surface area contributed by atoms with Gasteiger partial charge in [-0.2, -0.15) is 10.2 Å². The van der Waals surface area contributed by atoms with Crippen molar-refractivity contribution in [2.45, 2.75) is 19.3 Å². The number of nitrogens with zero attached hydrogens (tertiary/aromatic N) is 5. The zero-order valence-corrected chi connectivity index (χ0v) is 10.8. The summed E-state index contributed by atoms with van der Waals surface area (Å²) >= 11 is 0. The fraction of sp³-hybridized carbons (Fsp3) is 0.462. The maximum absolute atomic E-state index is 8.89. The predicted molar refractivity (Wildman–Crippen MR) is 69.5 cm³/mol. The summed E-state index contributed by atoms with van der Waals surface area (Å²) in [6.45, 7) is 1.96. The average molecular weight is 257 g/mol. The van der Waals surface area contributed by atoms with Gasteiger partial charge in [0.2, 0.25) is 0 Å². The molecule has 0 radical (unpaired) electrons. The van der Waals surface area contributed by atoms with Crippen molar-refractivity contribution in [2.24, 2.45) is 7.05 Å².